The van der Waals surface area contributed by atoms with Crippen molar-refractivity contribution in [2.75, 3.05) is 14.1 Å². The zero-order chi connectivity index (χ0) is 15.7. The first-order valence-electron chi connectivity index (χ1n) is 7.61. The van der Waals surface area contributed by atoms with Crippen LogP contribution < -0.4 is 0 Å². The molecule has 0 N–H and O–H groups in total. The van der Waals surface area contributed by atoms with Crippen molar-refractivity contribution in [1.29, 1.82) is 0 Å². The number of hydrogen-bond acceptors (Lipinski definition) is 2. The van der Waals surface area contributed by atoms with Crippen LogP contribution in [0.4, 0.5) is 0 Å². The Morgan fingerprint density at radius 1 is 0.636 bits per heavy atom. The summed E-state index contributed by atoms with van der Waals surface area (Å²) in [5.74, 6) is 0. The molecule has 2 aromatic carbocycles. The van der Waals surface area contributed by atoms with Gasteiger partial charge in [-0.3, -0.25) is 10.0 Å². The fourth-order valence-electron chi connectivity index (χ4n) is 3.02. The second kappa shape index (κ2) is 5.72. The standard InChI is InChI=1S/C20H22N2/c1-15-16(2)21(3)22(4)20(18-13-9-6-10-14-18)19(15)17-11-7-5-8-12-17/h5-14H,1-4H3. The Labute approximate surface area is 133 Å². The fraction of sp³-hybridized carbons (Fsp3) is 0.200. The molecule has 0 aromatic heterocycles. The van der Waals surface area contributed by atoms with Crippen LogP contribution in [0.1, 0.15) is 25.0 Å². The van der Waals surface area contributed by atoms with E-state index in [1.54, 1.807) is 0 Å². The average Bonchev–Trinajstić information content (AvgIpc) is 2.57. The second-order valence-corrected chi connectivity index (χ2v) is 5.71. The molecule has 3 rings (SSSR count). The molecule has 0 saturated heterocycles. The smallest absolute Gasteiger partial charge is 0.0724 e. The van der Waals surface area contributed by atoms with Gasteiger partial charge in [0, 0.05) is 30.9 Å². The van der Waals surface area contributed by atoms with Gasteiger partial charge in [-0.15, -0.1) is 0 Å². The van der Waals surface area contributed by atoms with Crippen LogP contribution in [0.5, 0.6) is 0 Å². The van der Waals surface area contributed by atoms with Crippen molar-refractivity contribution in [3.63, 3.8) is 0 Å². The van der Waals surface area contributed by atoms with Crippen molar-refractivity contribution >= 4 is 11.3 Å². The summed E-state index contributed by atoms with van der Waals surface area (Å²) < 4.78 is 0. The van der Waals surface area contributed by atoms with E-state index in [0.717, 1.165) is 0 Å². The van der Waals surface area contributed by atoms with Gasteiger partial charge in [-0.1, -0.05) is 60.7 Å². The predicted molar refractivity (Wildman–Crippen MR) is 93.6 cm³/mol. The normalized spacial score (nSPS) is 15.6. The maximum atomic E-state index is 2.24. The quantitative estimate of drug-likeness (QED) is 0.795. The summed E-state index contributed by atoms with van der Waals surface area (Å²) in [6, 6.07) is 21.3. The minimum Gasteiger partial charge on any atom is -0.293 e. The average molecular weight is 290 g/mol. The van der Waals surface area contributed by atoms with Crippen LogP contribution >= 0.6 is 0 Å². The summed E-state index contributed by atoms with van der Waals surface area (Å²) in [5, 5.41) is 4.45. The highest BCUT2D eigenvalue weighted by Crippen LogP contribution is 2.40. The zero-order valence-corrected chi connectivity index (χ0v) is 13.7. The molecule has 0 saturated carbocycles. The maximum Gasteiger partial charge on any atom is 0.0724 e. The lowest BCUT2D eigenvalue weighted by Crippen LogP contribution is -2.37. The third kappa shape index (κ3) is 2.31. The molecule has 0 unspecified atom stereocenters. The molecule has 0 bridgehead atoms. The van der Waals surface area contributed by atoms with E-state index in [2.05, 4.69) is 98.6 Å². The van der Waals surface area contributed by atoms with Gasteiger partial charge >= 0.3 is 0 Å². The summed E-state index contributed by atoms with van der Waals surface area (Å²) in [4.78, 5) is 0. The van der Waals surface area contributed by atoms with Gasteiger partial charge in [0.05, 0.1) is 5.70 Å². The number of nitrogens with zero attached hydrogens (tertiary/aromatic N) is 2. The lowest BCUT2D eigenvalue weighted by Gasteiger charge is -2.41. The van der Waals surface area contributed by atoms with Gasteiger partial charge in [0.25, 0.3) is 0 Å². The van der Waals surface area contributed by atoms with Crippen molar-refractivity contribution < 1.29 is 0 Å². The maximum absolute atomic E-state index is 2.24. The number of rotatable bonds is 2. The number of allylic oxidation sites excluding steroid dienone is 3. The van der Waals surface area contributed by atoms with Crippen LogP contribution in [0.3, 0.4) is 0 Å². The highest BCUT2D eigenvalue weighted by Gasteiger charge is 2.26. The minimum atomic E-state index is 1.24. The predicted octanol–water partition coefficient (Wildman–Crippen LogP) is 4.64. The topological polar surface area (TPSA) is 6.48 Å². The molecule has 0 atom stereocenters. The van der Waals surface area contributed by atoms with Crippen molar-refractivity contribution in [3.05, 3.63) is 83.1 Å². The number of benzene rings is 2. The molecule has 1 aliphatic heterocycles. The van der Waals surface area contributed by atoms with Gasteiger partial charge in [-0.05, 0) is 25.0 Å². The van der Waals surface area contributed by atoms with E-state index in [-0.39, 0.29) is 0 Å². The van der Waals surface area contributed by atoms with Crippen LogP contribution in [0.25, 0.3) is 11.3 Å². The third-order valence-corrected chi connectivity index (χ3v) is 4.52. The highest BCUT2D eigenvalue weighted by molar-refractivity contribution is 5.98. The summed E-state index contributed by atoms with van der Waals surface area (Å²) in [6.45, 7) is 4.39. The van der Waals surface area contributed by atoms with Crippen molar-refractivity contribution in [3.8, 4) is 0 Å². The SMILES string of the molecule is CC1=C(C)N(C)N(C)C(c2ccccc2)=C1c1ccccc1. The molecule has 112 valence electrons. The number of hydrazine groups is 1. The first-order valence-corrected chi connectivity index (χ1v) is 7.61. The highest BCUT2D eigenvalue weighted by atomic mass is 15.6. The van der Waals surface area contributed by atoms with Crippen LogP contribution in [-0.4, -0.2) is 24.1 Å². The van der Waals surface area contributed by atoms with Crippen molar-refractivity contribution in [2.24, 2.45) is 0 Å². The Kier molecular flexibility index (Phi) is 3.76. The van der Waals surface area contributed by atoms with Gasteiger partial charge in [0.2, 0.25) is 0 Å². The van der Waals surface area contributed by atoms with Crippen molar-refractivity contribution in [2.45, 2.75) is 13.8 Å². The zero-order valence-electron chi connectivity index (χ0n) is 13.7. The van der Waals surface area contributed by atoms with Gasteiger partial charge < -0.3 is 0 Å². The largest absolute Gasteiger partial charge is 0.293 e. The lowest BCUT2D eigenvalue weighted by molar-refractivity contribution is 0.136. The monoisotopic (exact) mass is 290 g/mol. The van der Waals surface area contributed by atoms with E-state index in [9.17, 15) is 0 Å². The van der Waals surface area contributed by atoms with E-state index in [4.69, 9.17) is 0 Å². The van der Waals surface area contributed by atoms with Crippen LogP contribution in [0.2, 0.25) is 0 Å². The molecule has 22 heavy (non-hydrogen) atoms. The third-order valence-electron chi connectivity index (χ3n) is 4.52. The van der Waals surface area contributed by atoms with Gasteiger partial charge in [-0.25, -0.2) is 0 Å². The van der Waals surface area contributed by atoms with E-state index in [1.165, 1.54) is 33.7 Å². The summed E-state index contributed by atoms with van der Waals surface area (Å²) in [7, 11) is 4.24. The molecular formula is C20H22N2. The molecule has 0 fully saturated rings. The molecule has 2 nitrogen and oxygen atoms in total. The fourth-order valence-corrected chi connectivity index (χ4v) is 3.02. The summed E-state index contributed by atoms with van der Waals surface area (Å²) >= 11 is 0. The Morgan fingerprint density at radius 2 is 1.14 bits per heavy atom. The van der Waals surface area contributed by atoms with Crippen LogP contribution in [0.15, 0.2) is 71.9 Å². The molecule has 1 aliphatic rings. The van der Waals surface area contributed by atoms with Gasteiger partial charge in [0.1, 0.15) is 0 Å². The molecule has 0 amide bonds. The van der Waals surface area contributed by atoms with Crippen molar-refractivity contribution in [1.82, 2.24) is 10.0 Å². The lowest BCUT2D eigenvalue weighted by atomic mass is 9.91. The Morgan fingerprint density at radius 3 is 1.68 bits per heavy atom. The van der Waals surface area contributed by atoms with E-state index in [0.29, 0.717) is 0 Å². The van der Waals surface area contributed by atoms with E-state index < -0.39 is 0 Å². The van der Waals surface area contributed by atoms with Crippen LogP contribution in [0, 0.1) is 0 Å². The number of hydrogen-bond donors (Lipinski definition) is 0. The minimum absolute atomic E-state index is 1.24. The molecule has 2 heteroatoms. The molecule has 0 spiro atoms. The Bertz CT molecular complexity index is 727. The van der Waals surface area contributed by atoms with Gasteiger partial charge in [-0.2, -0.15) is 0 Å². The summed E-state index contributed by atoms with van der Waals surface area (Å²) in [6.07, 6.45) is 0. The van der Waals surface area contributed by atoms with Crippen LogP contribution in [-0.2, 0) is 0 Å². The van der Waals surface area contributed by atoms with Gasteiger partial charge in [0.15, 0.2) is 0 Å². The first-order chi connectivity index (χ1) is 10.6. The molecule has 1 heterocycles. The molecule has 0 aliphatic carbocycles. The Balaban J connectivity index is 2.31. The molecular weight excluding hydrogens is 268 g/mol. The van der Waals surface area contributed by atoms with E-state index in [1.807, 2.05) is 0 Å². The second-order valence-electron chi connectivity index (χ2n) is 5.71. The molecule has 0 radical (unpaired) electrons. The first kappa shape index (κ1) is 14.5. The summed E-state index contributed by atoms with van der Waals surface area (Å²) in [5.41, 5.74) is 7.66. The molecule has 2 aromatic rings. The Hall–Kier alpha value is -2.48. The van der Waals surface area contributed by atoms with E-state index >= 15 is 0 Å².